The smallest absolute Gasteiger partial charge is 0.154 e. The molecule has 3 aromatic rings. The van der Waals surface area contributed by atoms with Crippen LogP contribution >= 0.6 is 11.6 Å². The lowest BCUT2D eigenvalue weighted by molar-refractivity contribution is 0.626. The van der Waals surface area contributed by atoms with Crippen molar-refractivity contribution in [1.29, 1.82) is 0 Å². The highest BCUT2D eigenvalue weighted by Gasteiger charge is 2.14. The van der Waals surface area contributed by atoms with E-state index < -0.39 is 0 Å². The van der Waals surface area contributed by atoms with Crippen molar-refractivity contribution in [3.63, 3.8) is 0 Å². The second-order valence-electron chi connectivity index (χ2n) is 4.80. The molecule has 0 aliphatic rings. The van der Waals surface area contributed by atoms with Gasteiger partial charge in [-0.05, 0) is 25.5 Å². The molecule has 4 heteroatoms. The van der Waals surface area contributed by atoms with Gasteiger partial charge in [-0.3, -0.25) is 0 Å². The summed E-state index contributed by atoms with van der Waals surface area (Å²) in [7, 11) is 0. The minimum Gasteiger partial charge on any atom is -0.454 e. The summed E-state index contributed by atoms with van der Waals surface area (Å²) in [6.45, 7) is 4.01. The van der Waals surface area contributed by atoms with E-state index in [1.807, 2.05) is 37.3 Å². The summed E-state index contributed by atoms with van der Waals surface area (Å²) in [5.41, 5.74) is 2.49. The highest BCUT2D eigenvalue weighted by Crippen LogP contribution is 2.30. The molecule has 2 heterocycles. The van der Waals surface area contributed by atoms with Crippen LogP contribution in [0.1, 0.15) is 24.7 Å². The SMILES string of the molecule is CCCc1nc(Cl)c(C)c(-c2cc3ccccc3o2)n1. The molecular weight excluding hydrogens is 272 g/mol. The third kappa shape index (κ3) is 2.29. The summed E-state index contributed by atoms with van der Waals surface area (Å²) in [6.07, 6.45) is 1.80. The van der Waals surface area contributed by atoms with E-state index in [-0.39, 0.29) is 0 Å². The van der Waals surface area contributed by atoms with Gasteiger partial charge in [-0.15, -0.1) is 0 Å². The number of nitrogens with zero attached hydrogens (tertiary/aromatic N) is 2. The van der Waals surface area contributed by atoms with Crippen LogP contribution in [-0.2, 0) is 6.42 Å². The standard InChI is InChI=1S/C16H15ClN2O/c1-3-6-14-18-15(10(2)16(17)19-14)13-9-11-7-4-5-8-12(11)20-13/h4-5,7-9H,3,6H2,1-2H3. The molecule has 0 spiro atoms. The Kier molecular flexibility index (Phi) is 3.45. The number of fused-ring (bicyclic) bond motifs is 1. The molecule has 0 aliphatic heterocycles. The Morgan fingerprint density at radius 2 is 2.00 bits per heavy atom. The monoisotopic (exact) mass is 286 g/mol. The van der Waals surface area contributed by atoms with Crippen molar-refractivity contribution in [1.82, 2.24) is 9.97 Å². The zero-order valence-electron chi connectivity index (χ0n) is 11.5. The number of hydrogen-bond acceptors (Lipinski definition) is 3. The van der Waals surface area contributed by atoms with Crippen molar-refractivity contribution in [2.45, 2.75) is 26.7 Å². The number of aryl methyl sites for hydroxylation is 1. The summed E-state index contributed by atoms with van der Waals surface area (Å²) >= 11 is 6.21. The molecule has 0 N–H and O–H groups in total. The van der Waals surface area contributed by atoms with E-state index in [0.717, 1.165) is 46.7 Å². The summed E-state index contributed by atoms with van der Waals surface area (Å²) in [5.74, 6) is 1.50. The molecule has 0 atom stereocenters. The Morgan fingerprint density at radius 1 is 1.20 bits per heavy atom. The second-order valence-corrected chi connectivity index (χ2v) is 5.16. The zero-order valence-corrected chi connectivity index (χ0v) is 12.2. The maximum Gasteiger partial charge on any atom is 0.154 e. The number of hydrogen-bond donors (Lipinski definition) is 0. The van der Waals surface area contributed by atoms with Crippen LogP contribution in [-0.4, -0.2) is 9.97 Å². The lowest BCUT2D eigenvalue weighted by atomic mass is 10.2. The van der Waals surface area contributed by atoms with Gasteiger partial charge in [0, 0.05) is 17.4 Å². The Hall–Kier alpha value is -1.87. The summed E-state index contributed by atoms with van der Waals surface area (Å²) < 4.78 is 5.87. The largest absolute Gasteiger partial charge is 0.454 e. The number of benzene rings is 1. The van der Waals surface area contributed by atoms with Gasteiger partial charge in [-0.2, -0.15) is 0 Å². The summed E-state index contributed by atoms with van der Waals surface area (Å²) in [4.78, 5) is 8.91. The summed E-state index contributed by atoms with van der Waals surface area (Å²) in [6, 6.07) is 9.91. The molecule has 2 aromatic heterocycles. The Bertz CT molecular complexity index is 731. The van der Waals surface area contributed by atoms with Crippen molar-refractivity contribution in [3.05, 3.63) is 46.9 Å². The number of para-hydroxylation sites is 1. The molecule has 0 unspecified atom stereocenters. The molecule has 0 fully saturated rings. The van der Waals surface area contributed by atoms with Crippen molar-refractivity contribution < 1.29 is 4.42 Å². The molecule has 0 bridgehead atoms. The van der Waals surface area contributed by atoms with E-state index in [1.165, 1.54) is 0 Å². The molecule has 0 aliphatic carbocycles. The Balaban J connectivity index is 2.17. The number of furan rings is 1. The Morgan fingerprint density at radius 3 is 2.75 bits per heavy atom. The van der Waals surface area contributed by atoms with E-state index in [4.69, 9.17) is 16.0 Å². The predicted octanol–water partition coefficient (Wildman–Crippen LogP) is 4.80. The van der Waals surface area contributed by atoms with Crippen molar-refractivity contribution in [2.24, 2.45) is 0 Å². The first-order chi connectivity index (χ1) is 9.69. The van der Waals surface area contributed by atoms with Gasteiger partial charge >= 0.3 is 0 Å². The number of aromatic nitrogens is 2. The van der Waals surface area contributed by atoms with E-state index in [1.54, 1.807) is 0 Å². The maximum absolute atomic E-state index is 6.21. The van der Waals surface area contributed by atoms with Crippen LogP contribution in [0, 0.1) is 6.92 Å². The van der Waals surface area contributed by atoms with E-state index in [9.17, 15) is 0 Å². The molecule has 0 amide bonds. The van der Waals surface area contributed by atoms with Crippen molar-refractivity contribution in [3.8, 4) is 11.5 Å². The van der Waals surface area contributed by atoms with Crippen molar-refractivity contribution in [2.75, 3.05) is 0 Å². The third-order valence-electron chi connectivity index (χ3n) is 3.27. The first kappa shape index (κ1) is 13.1. The minimum absolute atomic E-state index is 0.499. The zero-order chi connectivity index (χ0) is 14.1. The maximum atomic E-state index is 6.21. The van der Waals surface area contributed by atoms with Gasteiger partial charge in [-0.25, -0.2) is 9.97 Å². The fourth-order valence-electron chi connectivity index (χ4n) is 2.21. The lowest BCUT2D eigenvalue weighted by Gasteiger charge is -2.06. The summed E-state index contributed by atoms with van der Waals surface area (Å²) in [5, 5.41) is 1.56. The van der Waals surface area contributed by atoms with Crippen molar-refractivity contribution >= 4 is 22.6 Å². The van der Waals surface area contributed by atoms with Gasteiger partial charge in [0.25, 0.3) is 0 Å². The first-order valence-corrected chi connectivity index (χ1v) is 7.08. The quantitative estimate of drug-likeness (QED) is 0.649. The highest BCUT2D eigenvalue weighted by atomic mass is 35.5. The molecule has 1 aromatic carbocycles. The molecular formula is C16H15ClN2O. The van der Waals surface area contributed by atoms with Crippen LogP contribution in [0.15, 0.2) is 34.7 Å². The van der Waals surface area contributed by atoms with Crippen LogP contribution in [0.4, 0.5) is 0 Å². The van der Waals surface area contributed by atoms with Gasteiger partial charge < -0.3 is 4.42 Å². The Labute approximate surface area is 122 Å². The van der Waals surface area contributed by atoms with Crippen LogP contribution in [0.25, 0.3) is 22.4 Å². The van der Waals surface area contributed by atoms with Crippen LogP contribution in [0.3, 0.4) is 0 Å². The van der Waals surface area contributed by atoms with Gasteiger partial charge in [0.05, 0.1) is 0 Å². The lowest BCUT2D eigenvalue weighted by Crippen LogP contribution is -2.00. The van der Waals surface area contributed by atoms with E-state index in [0.29, 0.717) is 5.15 Å². The van der Waals surface area contributed by atoms with E-state index >= 15 is 0 Å². The molecule has 20 heavy (non-hydrogen) atoms. The fourth-order valence-corrected chi connectivity index (χ4v) is 2.39. The number of halogens is 1. The van der Waals surface area contributed by atoms with Gasteiger partial charge in [0.2, 0.25) is 0 Å². The predicted molar refractivity (Wildman–Crippen MR) is 81.0 cm³/mol. The van der Waals surface area contributed by atoms with Gasteiger partial charge in [-0.1, -0.05) is 36.7 Å². The fraction of sp³-hybridized carbons (Fsp3) is 0.250. The van der Waals surface area contributed by atoms with Crippen LogP contribution < -0.4 is 0 Å². The van der Waals surface area contributed by atoms with Gasteiger partial charge in [0.15, 0.2) is 5.76 Å². The minimum atomic E-state index is 0.499. The molecule has 0 saturated carbocycles. The first-order valence-electron chi connectivity index (χ1n) is 6.71. The third-order valence-corrected chi connectivity index (χ3v) is 3.63. The van der Waals surface area contributed by atoms with Crippen LogP contribution in [0.2, 0.25) is 5.15 Å². The van der Waals surface area contributed by atoms with Gasteiger partial charge in [0.1, 0.15) is 22.3 Å². The molecule has 3 nitrogen and oxygen atoms in total. The highest BCUT2D eigenvalue weighted by molar-refractivity contribution is 6.30. The average molecular weight is 287 g/mol. The number of rotatable bonds is 3. The molecule has 0 radical (unpaired) electrons. The van der Waals surface area contributed by atoms with E-state index in [2.05, 4.69) is 16.9 Å². The molecule has 0 saturated heterocycles. The van der Waals surface area contributed by atoms with Crippen LogP contribution in [0.5, 0.6) is 0 Å². The average Bonchev–Trinajstić information content (AvgIpc) is 2.86. The normalized spacial score (nSPS) is 11.2. The second kappa shape index (κ2) is 5.25. The topological polar surface area (TPSA) is 38.9 Å². The molecule has 102 valence electrons. The molecule has 3 rings (SSSR count).